The molecule has 1 heterocycles. The molecule has 3 nitrogen and oxygen atoms in total. The molecule has 20 heavy (non-hydrogen) atoms. The third-order valence-corrected chi connectivity index (χ3v) is 4.55. The van der Waals surface area contributed by atoms with Crippen molar-refractivity contribution in [3.63, 3.8) is 0 Å². The molecule has 3 rings (SSSR count). The number of benzene rings is 1. The number of nitrogens with one attached hydrogen (secondary N) is 1. The molecule has 0 amide bonds. The average molecular weight is 269 g/mol. The average Bonchev–Trinajstić information content (AvgIpc) is 2.49. The maximum atomic E-state index is 4.24. The van der Waals surface area contributed by atoms with Gasteiger partial charge in [0.15, 0.2) is 5.82 Å². The summed E-state index contributed by atoms with van der Waals surface area (Å²) < 4.78 is 0. The molecule has 1 aromatic carbocycles. The topological polar surface area (TPSA) is 37.8 Å². The molecule has 106 valence electrons. The Kier molecular flexibility index (Phi) is 4.14. The van der Waals surface area contributed by atoms with E-state index in [9.17, 15) is 0 Å². The molecule has 0 aliphatic heterocycles. The van der Waals surface area contributed by atoms with Crippen LogP contribution in [-0.4, -0.2) is 16.7 Å². The van der Waals surface area contributed by atoms with Crippen molar-refractivity contribution in [3.05, 3.63) is 30.5 Å². The maximum absolute atomic E-state index is 4.24. The molecule has 0 radical (unpaired) electrons. The lowest BCUT2D eigenvalue weighted by Crippen LogP contribution is -2.16. The van der Waals surface area contributed by atoms with Gasteiger partial charge in [-0.25, -0.2) is 0 Å². The first-order chi connectivity index (χ1) is 9.83. The molecule has 3 heteroatoms. The first kappa shape index (κ1) is 13.3. The molecule has 1 fully saturated rings. The van der Waals surface area contributed by atoms with E-state index < -0.39 is 0 Å². The van der Waals surface area contributed by atoms with Gasteiger partial charge in [0.1, 0.15) is 0 Å². The van der Waals surface area contributed by atoms with Crippen molar-refractivity contribution in [1.82, 2.24) is 10.2 Å². The maximum Gasteiger partial charge on any atom is 0.156 e. The van der Waals surface area contributed by atoms with E-state index >= 15 is 0 Å². The number of nitrogens with zero attached hydrogens (tertiary/aromatic N) is 2. The van der Waals surface area contributed by atoms with Gasteiger partial charge in [0.2, 0.25) is 0 Å². The third kappa shape index (κ3) is 3.09. The standard InChI is InChI=1S/C17H23N3/c1-13-6-8-14(9-7-13)10-11-18-17-16-5-3-2-4-15(16)12-19-20-17/h2-5,12-14H,6-11H2,1H3,(H,18,20). The van der Waals surface area contributed by atoms with Crippen LogP contribution < -0.4 is 5.32 Å². The summed E-state index contributed by atoms with van der Waals surface area (Å²) in [5.41, 5.74) is 0. The van der Waals surface area contributed by atoms with Gasteiger partial charge in [-0.15, -0.1) is 5.10 Å². The molecule has 1 N–H and O–H groups in total. The lowest BCUT2D eigenvalue weighted by Gasteiger charge is -2.26. The molecule has 1 aliphatic rings. The molecule has 1 saturated carbocycles. The predicted octanol–water partition coefficient (Wildman–Crippen LogP) is 4.26. The zero-order valence-electron chi connectivity index (χ0n) is 12.2. The smallest absolute Gasteiger partial charge is 0.156 e. The number of hydrogen-bond acceptors (Lipinski definition) is 3. The van der Waals surface area contributed by atoms with Gasteiger partial charge in [-0.05, 0) is 18.3 Å². The molecular weight excluding hydrogens is 246 g/mol. The Hall–Kier alpha value is -1.64. The monoisotopic (exact) mass is 269 g/mol. The van der Waals surface area contributed by atoms with E-state index in [0.717, 1.165) is 29.6 Å². The van der Waals surface area contributed by atoms with Crippen molar-refractivity contribution in [2.24, 2.45) is 11.8 Å². The van der Waals surface area contributed by atoms with Crippen LogP contribution in [0.1, 0.15) is 39.0 Å². The quantitative estimate of drug-likeness (QED) is 0.901. The fourth-order valence-electron chi connectivity index (χ4n) is 3.17. The van der Waals surface area contributed by atoms with Crippen LogP contribution in [0.3, 0.4) is 0 Å². The van der Waals surface area contributed by atoms with E-state index in [0.29, 0.717) is 0 Å². The zero-order valence-corrected chi connectivity index (χ0v) is 12.2. The molecular formula is C17H23N3. The Labute approximate surface area is 120 Å². The highest BCUT2D eigenvalue weighted by Crippen LogP contribution is 2.30. The fourth-order valence-corrected chi connectivity index (χ4v) is 3.17. The molecule has 0 spiro atoms. The lowest BCUT2D eigenvalue weighted by atomic mass is 9.81. The molecule has 1 aromatic heterocycles. The summed E-state index contributed by atoms with van der Waals surface area (Å²) in [6.45, 7) is 3.38. The second-order valence-corrected chi connectivity index (χ2v) is 6.12. The number of fused-ring (bicyclic) bond motifs is 1. The predicted molar refractivity (Wildman–Crippen MR) is 83.8 cm³/mol. The molecule has 0 bridgehead atoms. The Bertz CT molecular complexity index is 554. The Balaban J connectivity index is 1.57. The first-order valence-electron chi connectivity index (χ1n) is 7.77. The van der Waals surface area contributed by atoms with E-state index in [1.54, 1.807) is 0 Å². The molecule has 2 aromatic rings. The normalized spacial score (nSPS) is 22.9. The molecule has 1 aliphatic carbocycles. The lowest BCUT2D eigenvalue weighted by molar-refractivity contribution is 0.282. The van der Waals surface area contributed by atoms with Crippen molar-refractivity contribution in [3.8, 4) is 0 Å². The summed E-state index contributed by atoms with van der Waals surface area (Å²) in [5.74, 6) is 2.75. The highest BCUT2D eigenvalue weighted by atomic mass is 15.2. The van der Waals surface area contributed by atoms with E-state index in [2.05, 4.69) is 40.6 Å². The van der Waals surface area contributed by atoms with Crippen molar-refractivity contribution >= 4 is 16.6 Å². The van der Waals surface area contributed by atoms with Gasteiger partial charge in [0.25, 0.3) is 0 Å². The highest BCUT2D eigenvalue weighted by molar-refractivity contribution is 5.90. The van der Waals surface area contributed by atoms with Crippen LogP contribution >= 0.6 is 0 Å². The van der Waals surface area contributed by atoms with Crippen molar-refractivity contribution in [2.75, 3.05) is 11.9 Å². The SMILES string of the molecule is CC1CCC(CCNc2nncc3ccccc23)CC1. The Morgan fingerprint density at radius 3 is 2.80 bits per heavy atom. The van der Waals surface area contributed by atoms with Gasteiger partial charge in [-0.2, -0.15) is 5.10 Å². The van der Waals surface area contributed by atoms with Crippen molar-refractivity contribution in [1.29, 1.82) is 0 Å². The summed E-state index contributed by atoms with van der Waals surface area (Å²) in [7, 11) is 0. The van der Waals surface area contributed by atoms with Gasteiger partial charge in [0.05, 0.1) is 6.20 Å². The van der Waals surface area contributed by atoms with Crippen LogP contribution in [0.15, 0.2) is 30.5 Å². The van der Waals surface area contributed by atoms with Crippen molar-refractivity contribution < 1.29 is 0 Å². The van der Waals surface area contributed by atoms with Gasteiger partial charge >= 0.3 is 0 Å². The second kappa shape index (κ2) is 6.21. The number of rotatable bonds is 4. The summed E-state index contributed by atoms with van der Waals surface area (Å²) >= 11 is 0. The number of aromatic nitrogens is 2. The van der Waals surface area contributed by atoms with E-state index in [1.165, 1.54) is 37.5 Å². The largest absolute Gasteiger partial charge is 0.368 e. The minimum absolute atomic E-state index is 0.890. The van der Waals surface area contributed by atoms with Gasteiger partial charge in [0, 0.05) is 17.3 Å². The molecule has 0 saturated heterocycles. The minimum atomic E-state index is 0.890. The van der Waals surface area contributed by atoms with E-state index in [1.807, 2.05) is 12.3 Å². The van der Waals surface area contributed by atoms with Crippen LogP contribution in [-0.2, 0) is 0 Å². The number of hydrogen-bond donors (Lipinski definition) is 1. The third-order valence-electron chi connectivity index (χ3n) is 4.55. The second-order valence-electron chi connectivity index (χ2n) is 6.12. The summed E-state index contributed by atoms with van der Waals surface area (Å²) in [4.78, 5) is 0. The van der Waals surface area contributed by atoms with Gasteiger partial charge < -0.3 is 5.32 Å². The van der Waals surface area contributed by atoms with E-state index in [-0.39, 0.29) is 0 Å². The van der Waals surface area contributed by atoms with E-state index in [4.69, 9.17) is 0 Å². The van der Waals surface area contributed by atoms with Crippen molar-refractivity contribution in [2.45, 2.75) is 39.0 Å². The Morgan fingerprint density at radius 2 is 1.95 bits per heavy atom. The van der Waals surface area contributed by atoms with Crippen LogP contribution in [0.5, 0.6) is 0 Å². The number of anilines is 1. The van der Waals surface area contributed by atoms with Gasteiger partial charge in [-0.3, -0.25) is 0 Å². The molecule has 0 unspecified atom stereocenters. The van der Waals surface area contributed by atoms with Crippen LogP contribution in [0.2, 0.25) is 0 Å². The minimum Gasteiger partial charge on any atom is -0.368 e. The Morgan fingerprint density at radius 1 is 1.15 bits per heavy atom. The van der Waals surface area contributed by atoms with Crippen LogP contribution in [0.4, 0.5) is 5.82 Å². The zero-order chi connectivity index (χ0) is 13.8. The first-order valence-corrected chi connectivity index (χ1v) is 7.77. The summed E-state index contributed by atoms with van der Waals surface area (Å²) in [5, 5.41) is 14.1. The van der Waals surface area contributed by atoms with Gasteiger partial charge in [-0.1, -0.05) is 56.9 Å². The highest BCUT2D eigenvalue weighted by Gasteiger charge is 2.17. The molecule has 0 atom stereocenters. The summed E-state index contributed by atoms with van der Waals surface area (Å²) in [6.07, 6.45) is 8.66. The van der Waals surface area contributed by atoms with Crippen LogP contribution in [0, 0.1) is 11.8 Å². The summed E-state index contributed by atoms with van der Waals surface area (Å²) in [6, 6.07) is 8.28. The fraction of sp³-hybridized carbons (Fsp3) is 0.529. The van der Waals surface area contributed by atoms with Crippen LogP contribution in [0.25, 0.3) is 10.8 Å².